The smallest absolute Gasteiger partial charge is 0.241 e. The summed E-state index contributed by atoms with van der Waals surface area (Å²) in [6.07, 6.45) is 8.40. The molecule has 0 heterocycles. The summed E-state index contributed by atoms with van der Waals surface area (Å²) in [6, 6.07) is 10.8. The van der Waals surface area contributed by atoms with Crippen LogP contribution in [0.25, 0.3) is 11.1 Å². The predicted molar refractivity (Wildman–Crippen MR) is 179 cm³/mol. The molecule has 2 aromatic rings. The maximum Gasteiger partial charge on any atom is 0.241 e. The van der Waals surface area contributed by atoms with Gasteiger partial charge in [0.2, 0.25) is 11.8 Å². The van der Waals surface area contributed by atoms with Crippen molar-refractivity contribution in [3.63, 3.8) is 0 Å². The second-order valence-corrected chi connectivity index (χ2v) is 16.7. The molecule has 0 radical (unpaired) electrons. The lowest BCUT2D eigenvalue weighted by atomic mass is 9.76. The fourth-order valence-electron chi connectivity index (χ4n) is 6.34. The fourth-order valence-corrected chi connectivity index (χ4v) is 6.98. The third-order valence-corrected chi connectivity index (χ3v) is 10.3. The van der Waals surface area contributed by atoms with E-state index in [1.165, 1.54) is 12.3 Å². The van der Waals surface area contributed by atoms with Gasteiger partial charge in [0.1, 0.15) is 17.7 Å². The molecule has 0 spiro atoms. The zero-order valence-electron chi connectivity index (χ0n) is 27.6. The molecule has 8 heteroatoms. The Kier molecular flexibility index (Phi) is 10.2. The van der Waals surface area contributed by atoms with Crippen LogP contribution in [0, 0.1) is 17.2 Å². The largest absolute Gasteiger partial charge is 0.490 e. The molecule has 2 amide bonds. The molecule has 2 aliphatic carbocycles. The van der Waals surface area contributed by atoms with Gasteiger partial charge in [0.15, 0.2) is 0 Å². The Morgan fingerprint density at radius 1 is 1.09 bits per heavy atom. The number of carbonyl (C=O) groups is 2. The quantitative estimate of drug-likeness (QED) is 0.242. The normalized spacial score (nSPS) is 21.2. The molecule has 2 aromatic carbocycles. The number of rotatable bonds is 12. The lowest BCUT2D eigenvalue weighted by molar-refractivity contribution is -0.126. The average molecular weight is 627 g/mol. The first-order valence-corrected chi connectivity index (χ1v) is 18.2. The predicted octanol–water partition coefficient (Wildman–Crippen LogP) is 7.29. The Balaban J connectivity index is 1.61. The van der Waals surface area contributed by atoms with Crippen molar-refractivity contribution in [3.05, 3.63) is 53.3 Å². The van der Waals surface area contributed by atoms with Crippen LogP contribution in [0.5, 0.6) is 5.75 Å². The van der Waals surface area contributed by atoms with Gasteiger partial charge in [-0.3, -0.25) is 14.3 Å². The minimum absolute atomic E-state index is 0.0382. The minimum atomic E-state index is -2.75. The van der Waals surface area contributed by atoms with Crippen LogP contribution in [0.4, 0.5) is 4.39 Å². The van der Waals surface area contributed by atoms with Crippen LogP contribution in [0.2, 0.25) is 0 Å². The van der Waals surface area contributed by atoms with E-state index in [0.717, 1.165) is 56.1 Å². The van der Waals surface area contributed by atoms with E-state index >= 15 is 4.39 Å². The number of nitrogens with one attached hydrogen (secondary N) is 2. The number of ether oxygens (including phenoxy) is 1. The van der Waals surface area contributed by atoms with Gasteiger partial charge in [0, 0.05) is 39.9 Å². The van der Waals surface area contributed by atoms with Crippen LogP contribution in [-0.2, 0) is 24.7 Å². The van der Waals surface area contributed by atoms with Crippen molar-refractivity contribution >= 4 is 27.4 Å². The van der Waals surface area contributed by atoms with Crippen molar-refractivity contribution in [2.45, 2.75) is 116 Å². The summed E-state index contributed by atoms with van der Waals surface area (Å²) in [6.45, 7) is 12.1. The highest BCUT2D eigenvalue weighted by atomic mass is 32.2. The van der Waals surface area contributed by atoms with E-state index in [-0.39, 0.29) is 41.1 Å². The van der Waals surface area contributed by atoms with Crippen molar-refractivity contribution in [1.82, 2.24) is 10.0 Å². The van der Waals surface area contributed by atoms with Gasteiger partial charge in [-0.2, -0.15) is 0 Å². The number of halogens is 1. The van der Waals surface area contributed by atoms with Gasteiger partial charge in [-0.05, 0) is 98.0 Å². The Bertz CT molecular complexity index is 1480. The summed E-state index contributed by atoms with van der Waals surface area (Å²) >= 11 is 0. The standard InChI is InChI=1S/C36H51FN2O4S/c1-9-35(3,4)22-23(2)33(40)38-26-17-18-27(21-26)43-31-19-16-25(36(5,6)34(41)39-44(7,8)42)20-29(31)28-14-11-15-30(37)32(28)24-12-10-13-24/h11,14-16,19-20,23-24,26-27H,7,9-10,12-13,17-18,21-22H2,1-6,8H3,(H,38,40)(H,39,41,42)/t23-,26+,27+,44?/m0/s1. The van der Waals surface area contributed by atoms with Crippen molar-refractivity contribution in [2.24, 2.45) is 11.3 Å². The SMILES string of the molecule is C=S(C)(=O)NC(=O)C(C)(C)c1ccc(O[C@@H]2CC[C@@H](NC(=O)[C@@H](C)CC(C)(C)CC)C2)c(-c2cccc(F)c2C2CCC2)c1. The second kappa shape index (κ2) is 13.2. The molecular formula is C36H51FN2O4S. The first-order valence-electron chi connectivity index (χ1n) is 16.1. The maximum atomic E-state index is 15.4. The van der Waals surface area contributed by atoms with Gasteiger partial charge in [-0.15, -0.1) is 0 Å². The Hall–Kier alpha value is -2.87. The first-order chi connectivity index (χ1) is 20.5. The fraction of sp³-hybridized carbons (Fsp3) is 0.583. The molecule has 4 rings (SSSR count). The highest BCUT2D eigenvalue weighted by Gasteiger charge is 2.35. The monoisotopic (exact) mass is 626 g/mol. The molecule has 6 nitrogen and oxygen atoms in total. The minimum Gasteiger partial charge on any atom is -0.490 e. The number of amides is 2. The van der Waals surface area contributed by atoms with Gasteiger partial charge in [-0.1, -0.05) is 58.7 Å². The molecule has 1 unspecified atom stereocenters. The van der Waals surface area contributed by atoms with Gasteiger partial charge in [0.25, 0.3) is 0 Å². The van der Waals surface area contributed by atoms with Gasteiger partial charge >= 0.3 is 0 Å². The Labute approximate surface area is 264 Å². The molecule has 0 aromatic heterocycles. The molecule has 4 atom stereocenters. The first kappa shape index (κ1) is 34.0. The summed E-state index contributed by atoms with van der Waals surface area (Å²) in [5.41, 5.74) is 1.99. The molecule has 2 fully saturated rings. The lowest BCUT2D eigenvalue weighted by Gasteiger charge is -2.30. The number of benzene rings is 2. The molecule has 2 aliphatic rings. The van der Waals surface area contributed by atoms with Gasteiger partial charge in [0.05, 0.1) is 5.41 Å². The highest BCUT2D eigenvalue weighted by molar-refractivity contribution is 7.98. The molecular weight excluding hydrogens is 575 g/mol. The van der Waals surface area contributed by atoms with E-state index in [1.54, 1.807) is 19.9 Å². The van der Waals surface area contributed by atoms with E-state index < -0.39 is 21.0 Å². The van der Waals surface area contributed by atoms with Crippen molar-refractivity contribution in [2.75, 3.05) is 6.26 Å². The molecule has 0 saturated heterocycles. The summed E-state index contributed by atoms with van der Waals surface area (Å²) in [5.74, 6) is 3.74. The van der Waals surface area contributed by atoms with Crippen molar-refractivity contribution in [3.8, 4) is 16.9 Å². The summed E-state index contributed by atoms with van der Waals surface area (Å²) in [5, 5.41) is 3.25. The van der Waals surface area contributed by atoms with E-state index in [1.807, 2.05) is 31.2 Å². The number of hydrogen-bond acceptors (Lipinski definition) is 4. The molecule has 0 aliphatic heterocycles. The third kappa shape index (κ3) is 8.04. The second-order valence-electron chi connectivity index (χ2n) is 14.5. The van der Waals surface area contributed by atoms with E-state index in [2.05, 4.69) is 36.7 Å². The Morgan fingerprint density at radius 3 is 2.41 bits per heavy atom. The topological polar surface area (TPSA) is 84.5 Å². The highest BCUT2D eigenvalue weighted by Crippen LogP contribution is 2.46. The Morgan fingerprint density at radius 2 is 1.80 bits per heavy atom. The van der Waals surface area contributed by atoms with Crippen LogP contribution >= 0.6 is 0 Å². The molecule has 2 saturated carbocycles. The maximum absolute atomic E-state index is 15.4. The lowest BCUT2D eigenvalue weighted by Crippen LogP contribution is -2.42. The van der Waals surface area contributed by atoms with E-state index in [9.17, 15) is 13.8 Å². The van der Waals surface area contributed by atoms with Crippen LogP contribution in [0.3, 0.4) is 0 Å². The van der Waals surface area contributed by atoms with Gasteiger partial charge < -0.3 is 10.1 Å². The summed E-state index contributed by atoms with van der Waals surface area (Å²) < 4.78 is 36.8. The molecule has 2 N–H and O–H groups in total. The van der Waals surface area contributed by atoms with E-state index in [4.69, 9.17) is 4.74 Å². The summed E-state index contributed by atoms with van der Waals surface area (Å²) in [4.78, 5) is 26.2. The zero-order chi connectivity index (χ0) is 32.4. The average Bonchev–Trinajstić information content (AvgIpc) is 3.34. The molecule has 0 bridgehead atoms. The van der Waals surface area contributed by atoms with Gasteiger partial charge in [-0.25, -0.2) is 8.60 Å². The zero-order valence-corrected chi connectivity index (χ0v) is 28.4. The van der Waals surface area contributed by atoms with Crippen LogP contribution in [0.1, 0.15) is 110 Å². The number of carbonyl (C=O) groups excluding carboxylic acids is 2. The van der Waals surface area contributed by atoms with Crippen molar-refractivity contribution < 1.29 is 22.9 Å². The van der Waals surface area contributed by atoms with E-state index in [0.29, 0.717) is 23.3 Å². The molecule has 242 valence electrons. The van der Waals surface area contributed by atoms with Crippen molar-refractivity contribution in [1.29, 1.82) is 0 Å². The molecule has 44 heavy (non-hydrogen) atoms. The summed E-state index contributed by atoms with van der Waals surface area (Å²) in [7, 11) is -2.75. The third-order valence-electron chi connectivity index (χ3n) is 9.72. The van der Waals surface area contributed by atoms with Crippen LogP contribution < -0.4 is 14.8 Å². The van der Waals surface area contributed by atoms with Crippen LogP contribution in [-0.4, -0.2) is 40.3 Å². The number of hydrogen-bond donors (Lipinski definition) is 2. The van der Waals surface area contributed by atoms with Crippen LogP contribution in [0.15, 0.2) is 36.4 Å².